The number of hydrogen-bond acceptors (Lipinski definition) is 2. The predicted molar refractivity (Wildman–Crippen MR) is 90.4 cm³/mol. The fourth-order valence-corrected chi connectivity index (χ4v) is 2.64. The smallest absolute Gasteiger partial charge is 0.237 e. The van der Waals surface area contributed by atoms with Gasteiger partial charge in [0.1, 0.15) is 0 Å². The minimum absolute atomic E-state index is 0. The first-order chi connectivity index (χ1) is 9.49. The topological polar surface area (TPSA) is 41.1 Å². The molecule has 1 aromatic carbocycles. The van der Waals surface area contributed by atoms with Crippen molar-refractivity contribution in [3.8, 4) is 0 Å². The van der Waals surface area contributed by atoms with Gasteiger partial charge in [0.05, 0.1) is 6.04 Å². The molecule has 118 valence electrons. The standard InChI is InChI=1S/C16H23ClN2O.ClH/c1-16(2,12-6-8-13(17)9-7-12)11-19-15(20)14-5-3-4-10-18-14;/h6-9,14,18H,3-5,10-11H2,1-2H3,(H,19,20);1H. The molecule has 1 aliphatic heterocycles. The van der Waals surface area contributed by atoms with Crippen LogP contribution in [0.25, 0.3) is 0 Å². The number of carbonyl (C=O) groups excluding carboxylic acids is 1. The molecule has 5 heteroatoms. The van der Waals surface area contributed by atoms with E-state index in [1.807, 2.05) is 24.3 Å². The maximum Gasteiger partial charge on any atom is 0.237 e. The molecule has 0 radical (unpaired) electrons. The normalized spacial score (nSPS) is 18.7. The second-order valence-electron chi connectivity index (χ2n) is 6.11. The van der Waals surface area contributed by atoms with E-state index in [9.17, 15) is 4.79 Å². The second-order valence-corrected chi connectivity index (χ2v) is 6.55. The minimum Gasteiger partial charge on any atom is -0.354 e. The maximum absolute atomic E-state index is 12.1. The van der Waals surface area contributed by atoms with Gasteiger partial charge in [0.15, 0.2) is 0 Å². The molecule has 1 saturated heterocycles. The number of hydrogen-bond donors (Lipinski definition) is 2. The summed E-state index contributed by atoms with van der Waals surface area (Å²) in [6.45, 7) is 5.83. The highest BCUT2D eigenvalue weighted by Crippen LogP contribution is 2.24. The van der Waals surface area contributed by atoms with Crippen molar-refractivity contribution < 1.29 is 4.79 Å². The first kappa shape index (κ1) is 18.3. The summed E-state index contributed by atoms with van der Waals surface area (Å²) in [7, 11) is 0. The van der Waals surface area contributed by atoms with Crippen LogP contribution in [0.2, 0.25) is 5.02 Å². The Bertz CT molecular complexity index is 454. The van der Waals surface area contributed by atoms with Crippen LogP contribution in [0.15, 0.2) is 24.3 Å². The maximum atomic E-state index is 12.1. The summed E-state index contributed by atoms with van der Waals surface area (Å²) in [5.41, 5.74) is 1.08. The van der Waals surface area contributed by atoms with Crippen LogP contribution in [-0.4, -0.2) is 25.0 Å². The van der Waals surface area contributed by atoms with Gasteiger partial charge in [0.2, 0.25) is 5.91 Å². The van der Waals surface area contributed by atoms with E-state index in [-0.39, 0.29) is 29.8 Å². The summed E-state index contributed by atoms with van der Waals surface area (Å²) in [5, 5.41) is 7.08. The van der Waals surface area contributed by atoms with Gasteiger partial charge in [0, 0.05) is 17.0 Å². The molecule has 1 aliphatic rings. The quantitative estimate of drug-likeness (QED) is 0.889. The van der Waals surface area contributed by atoms with Gasteiger partial charge in [-0.25, -0.2) is 0 Å². The van der Waals surface area contributed by atoms with Crippen molar-refractivity contribution in [2.45, 2.75) is 44.6 Å². The van der Waals surface area contributed by atoms with Crippen molar-refractivity contribution in [1.29, 1.82) is 0 Å². The van der Waals surface area contributed by atoms with Crippen molar-refractivity contribution in [2.75, 3.05) is 13.1 Å². The second kappa shape index (κ2) is 8.02. The molecule has 0 bridgehead atoms. The molecule has 1 unspecified atom stereocenters. The van der Waals surface area contributed by atoms with E-state index in [0.29, 0.717) is 6.54 Å². The van der Waals surface area contributed by atoms with Crippen molar-refractivity contribution in [3.05, 3.63) is 34.9 Å². The number of amides is 1. The molecule has 1 amide bonds. The zero-order chi connectivity index (χ0) is 14.6. The number of carbonyl (C=O) groups is 1. The lowest BCUT2D eigenvalue weighted by Gasteiger charge is -2.28. The Morgan fingerprint density at radius 3 is 2.57 bits per heavy atom. The molecule has 0 aromatic heterocycles. The zero-order valence-corrected chi connectivity index (χ0v) is 14.2. The van der Waals surface area contributed by atoms with Gasteiger partial charge >= 0.3 is 0 Å². The van der Waals surface area contributed by atoms with E-state index in [1.165, 1.54) is 12.0 Å². The van der Waals surface area contributed by atoms with Crippen LogP contribution in [0.3, 0.4) is 0 Å². The Morgan fingerprint density at radius 2 is 2.00 bits per heavy atom. The fraction of sp³-hybridized carbons (Fsp3) is 0.562. The van der Waals surface area contributed by atoms with Gasteiger partial charge in [0.25, 0.3) is 0 Å². The van der Waals surface area contributed by atoms with E-state index in [0.717, 1.165) is 24.4 Å². The Balaban J connectivity index is 0.00000220. The monoisotopic (exact) mass is 330 g/mol. The third kappa shape index (κ3) is 5.17. The van der Waals surface area contributed by atoms with E-state index < -0.39 is 0 Å². The van der Waals surface area contributed by atoms with Crippen molar-refractivity contribution in [2.24, 2.45) is 0 Å². The summed E-state index contributed by atoms with van der Waals surface area (Å²) in [5.74, 6) is 0.117. The first-order valence-electron chi connectivity index (χ1n) is 7.26. The molecule has 0 spiro atoms. The molecular formula is C16H24Cl2N2O. The SMILES string of the molecule is CC(C)(CNC(=O)C1CCCCN1)c1ccc(Cl)cc1.Cl. The van der Waals surface area contributed by atoms with Crippen LogP contribution in [0.5, 0.6) is 0 Å². The Morgan fingerprint density at radius 1 is 1.33 bits per heavy atom. The highest BCUT2D eigenvalue weighted by atomic mass is 35.5. The highest BCUT2D eigenvalue weighted by molar-refractivity contribution is 6.30. The van der Waals surface area contributed by atoms with Crippen LogP contribution in [0, 0.1) is 0 Å². The summed E-state index contributed by atoms with van der Waals surface area (Å²) in [4.78, 5) is 12.1. The van der Waals surface area contributed by atoms with Crippen LogP contribution in [0.1, 0.15) is 38.7 Å². The molecule has 21 heavy (non-hydrogen) atoms. The lowest BCUT2D eigenvalue weighted by atomic mass is 9.84. The van der Waals surface area contributed by atoms with Crippen LogP contribution in [-0.2, 0) is 10.2 Å². The molecule has 2 N–H and O–H groups in total. The zero-order valence-electron chi connectivity index (χ0n) is 12.6. The number of benzene rings is 1. The molecule has 1 atom stereocenters. The average Bonchev–Trinajstić information content (AvgIpc) is 2.46. The van der Waals surface area contributed by atoms with Gasteiger partial charge in [-0.15, -0.1) is 12.4 Å². The number of piperidine rings is 1. The minimum atomic E-state index is -0.102. The summed E-state index contributed by atoms with van der Waals surface area (Å²) in [6.07, 6.45) is 3.24. The van der Waals surface area contributed by atoms with Gasteiger partial charge in [-0.1, -0.05) is 44.0 Å². The van der Waals surface area contributed by atoms with E-state index in [4.69, 9.17) is 11.6 Å². The predicted octanol–water partition coefficient (Wildman–Crippen LogP) is 3.30. The molecule has 3 nitrogen and oxygen atoms in total. The summed E-state index contributed by atoms with van der Waals surface area (Å²) >= 11 is 5.91. The Labute approximate surface area is 138 Å². The van der Waals surface area contributed by atoms with Crippen LogP contribution < -0.4 is 10.6 Å². The van der Waals surface area contributed by atoms with Gasteiger partial charge < -0.3 is 10.6 Å². The lowest BCUT2D eigenvalue weighted by Crippen LogP contribution is -2.49. The molecule has 1 aromatic rings. The van der Waals surface area contributed by atoms with E-state index >= 15 is 0 Å². The fourth-order valence-electron chi connectivity index (χ4n) is 2.51. The Hall–Kier alpha value is -0.770. The van der Waals surface area contributed by atoms with Crippen molar-refractivity contribution in [1.82, 2.24) is 10.6 Å². The van der Waals surface area contributed by atoms with E-state index in [1.54, 1.807) is 0 Å². The first-order valence-corrected chi connectivity index (χ1v) is 7.64. The number of rotatable bonds is 4. The molecule has 2 rings (SSSR count). The van der Waals surface area contributed by atoms with E-state index in [2.05, 4.69) is 24.5 Å². The van der Waals surface area contributed by atoms with Crippen LogP contribution >= 0.6 is 24.0 Å². The Kier molecular flexibility index (Phi) is 6.98. The van der Waals surface area contributed by atoms with Gasteiger partial charge in [-0.2, -0.15) is 0 Å². The largest absolute Gasteiger partial charge is 0.354 e. The van der Waals surface area contributed by atoms with Crippen molar-refractivity contribution >= 4 is 29.9 Å². The number of nitrogens with one attached hydrogen (secondary N) is 2. The van der Waals surface area contributed by atoms with Gasteiger partial charge in [-0.05, 0) is 37.1 Å². The van der Waals surface area contributed by atoms with Crippen molar-refractivity contribution in [3.63, 3.8) is 0 Å². The molecule has 0 saturated carbocycles. The third-order valence-electron chi connectivity index (χ3n) is 3.96. The molecular weight excluding hydrogens is 307 g/mol. The average molecular weight is 331 g/mol. The molecule has 1 fully saturated rings. The highest BCUT2D eigenvalue weighted by Gasteiger charge is 2.25. The van der Waals surface area contributed by atoms with Crippen LogP contribution in [0.4, 0.5) is 0 Å². The summed E-state index contributed by atoms with van der Waals surface area (Å²) < 4.78 is 0. The lowest BCUT2D eigenvalue weighted by molar-refractivity contribution is -0.123. The number of halogens is 2. The molecule has 1 heterocycles. The van der Waals surface area contributed by atoms with Gasteiger partial charge in [-0.3, -0.25) is 4.79 Å². The molecule has 0 aliphatic carbocycles. The third-order valence-corrected chi connectivity index (χ3v) is 4.21. The summed E-state index contributed by atoms with van der Waals surface area (Å²) in [6, 6.07) is 7.80.